The van der Waals surface area contributed by atoms with Crippen LogP contribution in [0.5, 0.6) is 0 Å². The summed E-state index contributed by atoms with van der Waals surface area (Å²) >= 11 is 3.16. The minimum absolute atomic E-state index is 0.0583. The Morgan fingerprint density at radius 1 is 0.603 bits per heavy atom. The lowest BCUT2D eigenvalue weighted by atomic mass is 10.1. The van der Waals surface area contributed by atoms with E-state index in [1.54, 1.807) is 115 Å². The van der Waals surface area contributed by atoms with E-state index in [1.807, 2.05) is 47.2 Å². The topological polar surface area (TPSA) is 198 Å². The predicted octanol–water partition coefficient (Wildman–Crippen LogP) is 6.46. The molecule has 2 heterocycles. The normalized spacial score (nSPS) is 12.9. The van der Waals surface area contributed by atoms with Crippen LogP contribution in [-0.2, 0) is 60.1 Å². The van der Waals surface area contributed by atoms with Crippen molar-refractivity contribution in [2.45, 2.75) is 23.6 Å². The zero-order valence-electron chi connectivity index (χ0n) is 34.8. The molecule has 2 atom stereocenters. The Balaban J connectivity index is 0.000000238. The van der Waals surface area contributed by atoms with E-state index in [-0.39, 0.29) is 37.8 Å². The summed E-state index contributed by atoms with van der Waals surface area (Å²) in [6, 6.07) is 29.1. The zero-order valence-corrected chi connectivity index (χ0v) is 38.0. The van der Waals surface area contributed by atoms with Crippen molar-refractivity contribution in [2.75, 3.05) is 67.0 Å². The first-order valence-electron chi connectivity index (χ1n) is 19.7. The maximum absolute atomic E-state index is 13.5. The Labute approximate surface area is 375 Å². The number of sulfonamides is 2. The number of hydrogen-bond donors (Lipinski definition) is 3. The van der Waals surface area contributed by atoms with Gasteiger partial charge in [-0.15, -0.1) is 22.7 Å². The summed E-state index contributed by atoms with van der Waals surface area (Å²) in [6.45, 7) is 1.29. The van der Waals surface area contributed by atoms with Crippen molar-refractivity contribution in [1.29, 1.82) is 0 Å². The van der Waals surface area contributed by atoms with E-state index >= 15 is 0 Å². The fourth-order valence-corrected chi connectivity index (χ4v) is 11.5. The third-order valence-corrected chi connectivity index (χ3v) is 15.0. The summed E-state index contributed by atoms with van der Waals surface area (Å²) in [7, 11) is -4.85. The molecule has 4 aromatic carbocycles. The number of fused-ring (bicyclic) bond motifs is 2. The van der Waals surface area contributed by atoms with Crippen molar-refractivity contribution in [2.24, 2.45) is 0 Å². The summed E-state index contributed by atoms with van der Waals surface area (Å²) in [6.07, 6.45) is 0. The number of rotatable bonds is 24. The number of hydroxylamine groups is 1. The molecule has 0 radical (unpaired) electrons. The summed E-state index contributed by atoms with van der Waals surface area (Å²) < 4.78 is 78.9. The first kappa shape index (κ1) is 49.4. The summed E-state index contributed by atoms with van der Waals surface area (Å²) in [5.74, 6) is -2.67. The highest BCUT2D eigenvalue weighted by molar-refractivity contribution is 7.88. The first-order valence-corrected chi connectivity index (χ1v) is 24.7. The molecule has 0 bridgehead atoms. The molecule has 63 heavy (non-hydrogen) atoms. The summed E-state index contributed by atoms with van der Waals surface area (Å²) in [5, 5.41) is 25.1. The second kappa shape index (κ2) is 24.4. The van der Waals surface area contributed by atoms with Gasteiger partial charge in [0, 0.05) is 36.7 Å². The zero-order chi connectivity index (χ0) is 45.2. The van der Waals surface area contributed by atoms with Gasteiger partial charge in [-0.1, -0.05) is 72.8 Å². The Morgan fingerprint density at radius 2 is 1.03 bits per heavy atom. The van der Waals surface area contributed by atoms with Gasteiger partial charge in [0.1, 0.15) is 12.1 Å². The van der Waals surface area contributed by atoms with Crippen LogP contribution in [0.4, 0.5) is 0 Å². The number of ether oxygens (including phenoxy) is 4. The van der Waals surface area contributed by atoms with E-state index in [1.165, 1.54) is 0 Å². The van der Waals surface area contributed by atoms with Gasteiger partial charge in [0.15, 0.2) is 0 Å². The number of amides is 1. The number of nitrogens with zero attached hydrogens (tertiary/aromatic N) is 2. The number of carboxylic acid groups (broad SMARTS) is 1. The van der Waals surface area contributed by atoms with Crippen molar-refractivity contribution in [3.05, 3.63) is 142 Å². The highest BCUT2D eigenvalue weighted by Crippen LogP contribution is 2.30. The van der Waals surface area contributed by atoms with Crippen molar-refractivity contribution < 1.29 is 55.7 Å². The summed E-state index contributed by atoms with van der Waals surface area (Å²) in [4.78, 5) is 24.8. The van der Waals surface area contributed by atoms with E-state index in [2.05, 4.69) is 0 Å². The van der Waals surface area contributed by atoms with Crippen LogP contribution in [0.15, 0.2) is 120 Å². The van der Waals surface area contributed by atoms with Crippen molar-refractivity contribution in [1.82, 2.24) is 14.1 Å². The number of benzene rings is 4. The average Bonchev–Trinajstić information content (AvgIpc) is 3.95. The van der Waals surface area contributed by atoms with E-state index in [0.29, 0.717) is 48.7 Å². The lowest BCUT2D eigenvalue weighted by molar-refractivity contribution is -0.142. The maximum atomic E-state index is 13.5. The van der Waals surface area contributed by atoms with Gasteiger partial charge in [0.05, 0.1) is 51.1 Å². The number of aliphatic carboxylic acids is 1. The molecule has 1 amide bonds. The van der Waals surface area contributed by atoms with E-state index in [0.717, 1.165) is 28.8 Å². The van der Waals surface area contributed by atoms with Crippen LogP contribution < -0.4 is 5.48 Å². The standard InChI is InChI=1S/C22H26N2O6S2.C22H25NO6S2/c1-29-12-13-30-11-10-24(21(22(25)23-26)18-5-3-2-4-6-18)32(27,28)16-17-7-8-20-19(15-17)9-14-31-20;1-28-12-13-29-11-10-23(21(22(24)25)18-5-3-2-4-6-18)31(26,27)16-17-7-8-20-19(15-17)9-14-30-20/h2-9,14-15,21,26H,10-13,16H2,1H3,(H,23,25);2-9,14-15,21H,10-13,16H2,1H3,(H,24,25)/t2*21-/m11/s1. The molecule has 0 unspecified atom stereocenters. The van der Waals surface area contributed by atoms with Crippen LogP contribution in [-0.4, -0.2) is 115 Å². The van der Waals surface area contributed by atoms with E-state index < -0.39 is 44.0 Å². The highest BCUT2D eigenvalue weighted by atomic mass is 32.2. The second-order valence-corrected chi connectivity index (χ2v) is 19.7. The Morgan fingerprint density at radius 3 is 1.44 bits per heavy atom. The quantitative estimate of drug-likeness (QED) is 0.0341. The van der Waals surface area contributed by atoms with Gasteiger partial charge in [-0.25, -0.2) is 22.3 Å². The average molecular weight is 942 g/mol. The van der Waals surface area contributed by atoms with Crippen LogP contribution >= 0.6 is 22.7 Å². The van der Waals surface area contributed by atoms with Crippen LogP contribution in [0.25, 0.3) is 20.2 Å². The molecule has 2 aromatic heterocycles. The van der Waals surface area contributed by atoms with E-state index in [9.17, 15) is 36.7 Å². The first-order chi connectivity index (χ1) is 30.4. The van der Waals surface area contributed by atoms with Gasteiger partial charge in [-0.05, 0) is 80.2 Å². The van der Waals surface area contributed by atoms with Crippen molar-refractivity contribution in [3.8, 4) is 0 Å². The number of thiophene rings is 2. The number of carboxylic acids is 1. The molecule has 19 heteroatoms. The smallest absolute Gasteiger partial charge is 0.326 e. The van der Waals surface area contributed by atoms with Gasteiger partial charge in [-0.2, -0.15) is 8.61 Å². The van der Waals surface area contributed by atoms with Gasteiger partial charge in [0.2, 0.25) is 20.0 Å². The largest absolute Gasteiger partial charge is 0.480 e. The Bertz CT molecular complexity index is 2570. The minimum atomic E-state index is -3.97. The van der Waals surface area contributed by atoms with Crippen molar-refractivity contribution in [3.63, 3.8) is 0 Å². The summed E-state index contributed by atoms with van der Waals surface area (Å²) in [5.41, 5.74) is 3.65. The van der Waals surface area contributed by atoms with Crippen LogP contribution in [0.1, 0.15) is 34.3 Å². The molecule has 0 aliphatic heterocycles. The number of carbonyl (C=O) groups excluding carboxylic acids is 1. The Kier molecular flexibility index (Phi) is 19.1. The molecule has 0 fully saturated rings. The number of nitrogens with one attached hydrogen (secondary N) is 1. The monoisotopic (exact) mass is 941 g/mol. The molecule has 0 spiro atoms. The van der Waals surface area contributed by atoms with Crippen LogP contribution in [0.3, 0.4) is 0 Å². The van der Waals surface area contributed by atoms with Crippen molar-refractivity contribution >= 4 is 74.8 Å². The van der Waals surface area contributed by atoms with Gasteiger partial charge in [-0.3, -0.25) is 14.8 Å². The molecule has 15 nitrogen and oxygen atoms in total. The minimum Gasteiger partial charge on any atom is -0.480 e. The van der Waals surface area contributed by atoms with Gasteiger partial charge in [0.25, 0.3) is 5.91 Å². The molecule has 338 valence electrons. The Hall–Kier alpha value is -4.64. The molecule has 0 saturated heterocycles. The lowest BCUT2D eigenvalue weighted by Crippen LogP contribution is -2.45. The third-order valence-electron chi connectivity index (χ3n) is 9.62. The third kappa shape index (κ3) is 14.2. The molecule has 3 N–H and O–H groups in total. The van der Waals surface area contributed by atoms with Gasteiger partial charge < -0.3 is 24.1 Å². The fourth-order valence-electron chi connectivity index (χ4n) is 6.67. The van der Waals surface area contributed by atoms with Crippen LogP contribution in [0, 0.1) is 0 Å². The number of carbonyl (C=O) groups is 2. The molecule has 0 aliphatic rings. The molecular formula is C44H51N3O12S4. The molecule has 0 aliphatic carbocycles. The highest BCUT2D eigenvalue weighted by Gasteiger charge is 2.37. The maximum Gasteiger partial charge on any atom is 0.326 e. The van der Waals surface area contributed by atoms with Crippen LogP contribution in [0.2, 0.25) is 0 Å². The van der Waals surface area contributed by atoms with Gasteiger partial charge >= 0.3 is 5.97 Å². The SMILES string of the molecule is COCCOCCN([C@@H](C(=O)NO)c1ccccc1)S(=O)(=O)Cc1ccc2sccc2c1.COCCOCCN([C@@H](C(=O)O)c1ccccc1)S(=O)(=O)Cc1ccc2sccc2c1. The molecular weight excluding hydrogens is 891 g/mol. The fraction of sp³-hybridized carbons (Fsp3) is 0.318. The molecule has 6 aromatic rings. The lowest BCUT2D eigenvalue weighted by Gasteiger charge is -2.29. The number of hydrogen-bond acceptors (Lipinski definition) is 13. The predicted molar refractivity (Wildman–Crippen MR) is 244 cm³/mol. The molecule has 0 saturated carbocycles. The van der Waals surface area contributed by atoms with E-state index in [4.69, 9.17) is 18.9 Å². The molecule has 6 rings (SSSR count). The second-order valence-electron chi connectivity index (χ2n) is 14.0. The number of methoxy groups -OCH3 is 2.